The summed E-state index contributed by atoms with van der Waals surface area (Å²) >= 11 is 0. The molecule has 0 fully saturated rings. The van der Waals surface area contributed by atoms with E-state index >= 15 is 0 Å². The van der Waals surface area contributed by atoms with Gasteiger partial charge < -0.3 is 59.1 Å². The second kappa shape index (κ2) is 58.1. The number of alkyl carbamates (subject to hydrolysis) is 1. The van der Waals surface area contributed by atoms with Crippen molar-refractivity contribution < 1.29 is 56.9 Å². The SMILES string of the molecule is CC(=O)N(Cc1ccccc1)C[C@H](O)[C@H](Cc1ccccc1)NC(=O)OCc1ccccc1.CC(=O)N(Cc1ccccc1)C[C@H](O[Si](C)(C)C(C)(C)C)[C@@H](C)Cc1ccccc1.CC(=O)OCc1ccccc1.C[C@@H](Cc1ccccc1)C(=O)O.C[C@@H](Cc1ccccc1)[C@H](CN)O[Si](C)(C)C(C)(C)C.C[C@@H](Cc1ccccc1)[C@H](CNCc1ccccc1)O[Si](C)(C)C(C)(C)C. The first-order chi connectivity index (χ1) is 62.8. The van der Waals surface area contributed by atoms with E-state index in [0.29, 0.717) is 63.4 Å². The molecule has 0 aliphatic heterocycles. The number of hydrogen-bond acceptors (Lipinski definition) is 13. The minimum absolute atomic E-state index is 0.00119. The largest absolute Gasteiger partial charge is 0.481 e. The van der Waals surface area contributed by atoms with E-state index in [9.17, 15) is 29.1 Å². The van der Waals surface area contributed by atoms with Gasteiger partial charge in [-0.2, -0.15) is 0 Å². The van der Waals surface area contributed by atoms with E-state index in [-0.39, 0.29) is 70.3 Å². The Morgan fingerprint density at radius 1 is 0.361 bits per heavy atom. The smallest absolute Gasteiger partial charge is 0.407 e. The van der Waals surface area contributed by atoms with Crippen LogP contribution in [0.1, 0.15) is 166 Å². The molecule has 9 atom stereocenters. The van der Waals surface area contributed by atoms with Gasteiger partial charge in [0.1, 0.15) is 13.2 Å². The van der Waals surface area contributed by atoms with Crippen LogP contribution in [-0.4, -0.2) is 131 Å². The number of carbonyl (C=O) groups is 5. The Kier molecular flexibility index (Phi) is 49.5. The fraction of sp³-hybridized carbons (Fsp3) is 0.425. The highest BCUT2D eigenvalue weighted by molar-refractivity contribution is 6.75. The van der Waals surface area contributed by atoms with E-state index in [1.54, 1.807) is 18.7 Å². The molecule has 6 N–H and O–H groups in total. The van der Waals surface area contributed by atoms with Gasteiger partial charge in [0.2, 0.25) is 11.8 Å². The maximum Gasteiger partial charge on any atom is 0.407 e. The van der Waals surface area contributed by atoms with Crippen molar-refractivity contribution in [2.45, 2.75) is 261 Å². The molecule has 0 saturated heterocycles. The van der Waals surface area contributed by atoms with Crippen molar-refractivity contribution in [3.63, 3.8) is 0 Å². The van der Waals surface area contributed by atoms with Gasteiger partial charge in [0.25, 0.3) is 0 Å². The van der Waals surface area contributed by atoms with E-state index < -0.39 is 49.2 Å². The number of carbonyl (C=O) groups excluding carboxylic acids is 4. The summed E-state index contributed by atoms with van der Waals surface area (Å²) in [5.41, 5.74) is 17.4. The van der Waals surface area contributed by atoms with Gasteiger partial charge in [-0.1, -0.05) is 393 Å². The molecule has 0 spiro atoms. The molecule has 720 valence electrons. The summed E-state index contributed by atoms with van der Waals surface area (Å²) in [6, 6.07) is 99.9. The molecule has 0 radical (unpaired) electrons. The molecule has 10 aromatic carbocycles. The van der Waals surface area contributed by atoms with Crippen molar-refractivity contribution in [2.75, 3.05) is 26.2 Å². The number of nitrogens with zero attached hydrogens (tertiary/aromatic N) is 2. The predicted octanol–water partition coefficient (Wildman–Crippen LogP) is 24.2. The molecule has 133 heavy (non-hydrogen) atoms. The lowest BCUT2D eigenvalue weighted by molar-refractivity contribution is -0.142. The fourth-order valence-electron chi connectivity index (χ4n) is 13.7. The predicted molar refractivity (Wildman–Crippen MR) is 555 cm³/mol. The quantitative estimate of drug-likeness (QED) is 0.0178. The first-order valence-electron chi connectivity index (χ1n) is 47.2. The highest BCUT2D eigenvalue weighted by Gasteiger charge is 2.43. The number of benzene rings is 10. The third-order valence-electron chi connectivity index (χ3n) is 25.1. The van der Waals surface area contributed by atoms with Crippen LogP contribution >= 0.6 is 0 Å². The molecule has 0 aromatic heterocycles. The third-order valence-corrected chi connectivity index (χ3v) is 38.6. The molecule has 17 nitrogen and oxygen atoms in total. The Morgan fingerprint density at radius 3 is 0.947 bits per heavy atom. The number of rotatable bonds is 39. The number of carboxylic acid groups (broad SMARTS) is 1. The zero-order chi connectivity index (χ0) is 98.2. The van der Waals surface area contributed by atoms with Crippen molar-refractivity contribution in [3.05, 3.63) is 359 Å². The van der Waals surface area contributed by atoms with Crippen LogP contribution in [0.25, 0.3) is 0 Å². The third kappa shape index (κ3) is 44.7. The van der Waals surface area contributed by atoms with Gasteiger partial charge in [-0.3, -0.25) is 19.2 Å². The lowest BCUT2D eigenvalue weighted by atomic mass is 9.95. The Bertz CT molecular complexity index is 4840. The molecule has 0 bridgehead atoms. The summed E-state index contributed by atoms with van der Waals surface area (Å²) in [4.78, 5) is 61.7. The number of aliphatic carboxylic acids is 1. The number of carboxylic acids is 1. The summed E-state index contributed by atoms with van der Waals surface area (Å²) < 4.78 is 30.4. The van der Waals surface area contributed by atoms with E-state index in [0.717, 1.165) is 65.7 Å². The van der Waals surface area contributed by atoms with Crippen LogP contribution in [0.2, 0.25) is 54.4 Å². The Labute approximate surface area is 802 Å². The van der Waals surface area contributed by atoms with Crippen LogP contribution in [0, 0.1) is 23.7 Å². The first-order valence-corrected chi connectivity index (χ1v) is 55.9. The molecule has 10 rings (SSSR count). The minimum atomic E-state index is -1.98. The van der Waals surface area contributed by atoms with E-state index in [2.05, 4.69) is 266 Å². The van der Waals surface area contributed by atoms with Crippen LogP contribution in [0.5, 0.6) is 0 Å². The first kappa shape index (κ1) is 113. The Hall–Kier alpha value is -10.2. The van der Waals surface area contributed by atoms with Crippen molar-refractivity contribution in [1.82, 2.24) is 20.4 Å². The molecule has 0 heterocycles. The summed E-state index contributed by atoms with van der Waals surface area (Å²) in [6.07, 6.45) is 2.79. The van der Waals surface area contributed by atoms with Crippen LogP contribution in [0.3, 0.4) is 0 Å². The normalized spacial score (nSPS) is 13.6. The van der Waals surface area contributed by atoms with Gasteiger partial charge in [-0.05, 0) is 160 Å². The monoisotopic (exact) mass is 1860 g/mol. The van der Waals surface area contributed by atoms with Gasteiger partial charge in [-0.15, -0.1) is 0 Å². The number of amides is 3. The molecule has 10 aromatic rings. The lowest BCUT2D eigenvalue weighted by Gasteiger charge is -2.42. The maximum atomic E-state index is 12.5. The number of nitrogens with one attached hydrogen (secondary N) is 2. The summed E-state index contributed by atoms with van der Waals surface area (Å²) in [5.74, 6) is -0.127. The highest BCUT2D eigenvalue weighted by atomic mass is 28.4. The molecular weight excluding hydrogens is 1700 g/mol. The maximum absolute atomic E-state index is 12.5. The van der Waals surface area contributed by atoms with Crippen molar-refractivity contribution in [1.29, 1.82) is 0 Å². The number of aliphatic hydroxyl groups excluding tert-OH is 1. The second-order valence-corrected chi connectivity index (χ2v) is 53.9. The Morgan fingerprint density at radius 2 is 0.632 bits per heavy atom. The topological polar surface area (TPSA) is 229 Å². The van der Waals surface area contributed by atoms with Gasteiger partial charge in [-0.25, -0.2) is 4.79 Å². The van der Waals surface area contributed by atoms with Crippen LogP contribution in [0.15, 0.2) is 303 Å². The number of ether oxygens (including phenoxy) is 2. The number of hydrogen-bond donors (Lipinski definition) is 5. The van der Waals surface area contributed by atoms with E-state index in [1.807, 2.05) is 175 Å². The lowest BCUT2D eigenvalue weighted by Crippen LogP contribution is -2.50. The van der Waals surface area contributed by atoms with Gasteiger partial charge in [0.15, 0.2) is 25.0 Å². The van der Waals surface area contributed by atoms with Crippen LogP contribution in [0.4, 0.5) is 4.79 Å². The molecule has 0 unspecified atom stereocenters. The van der Waals surface area contributed by atoms with E-state index in [4.69, 9.17) is 33.6 Å². The number of esters is 1. The minimum Gasteiger partial charge on any atom is -0.481 e. The van der Waals surface area contributed by atoms with Crippen LogP contribution < -0.4 is 16.4 Å². The summed E-state index contributed by atoms with van der Waals surface area (Å²) in [7, 11) is -5.55. The molecule has 0 aliphatic rings. The van der Waals surface area contributed by atoms with Gasteiger partial charge >= 0.3 is 18.0 Å². The summed E-state index contributed by atoms with van der Waals surface area (Å²) in [6.45, 7) is 52.1. The Balaban J connectivity index is 0.000000293. The van der Waals surface area contributed by atoms with Crippen LogP contribution in [-0.2, 0) is 107 Å². The number of aliphatic hydroxyl groups is 1. The molecular formula is C113H159N5O12Si3. The molecule has 20 heteroatoms. The average molecular weight is 1860 g/mol. The zero-order valence-electron chi connectivity index (χ0n) is 83.9. The highest BCUT2D eigenvalue weighted by Crippen LogP contribution is 2.41. The van der Waals surface area contributed by atoms with Crippen molar-refractivity contribution in [3.8, 4) is 0 Å². The van der Waals surface area contributed by atoms with Gasteiger partial charge in [0, 0.05) is 66.6 Å². The molecule has 3 amide bonds. The van der Waals surface area contributed by atoms with E-state index in [1.165, 1.54) is 36.1 Å². The fourth-order valence-corrected chi connectivity index (χ4v) is 18.0. The molecule has 0 aliphatic carbocycles. The standard InChI is InChI=1S/C27H30N2O4.C26H39NO2Si.C24H37NOSi.C17H31NOSi.C10H12O2.C9H10O2/c1-21(30)29(18-23-13-7-3-8-14-23)19-26(31)25(17-22-11-5-2-6-12-22)28-27(32)33-20-24-15-9-4-10-16-24;1-21(18-23-14-10-8-11-15-23)25(29-30(6,7)26(3,4)5)20-27(22(2)28)19-24-16-12-9-13-17-24;1-20(17-21-13-9-7-10-14-21)23(26-27(5,6)24(2,3)4)19-25-18-22-15-11-8-12-16-22;1-14(12-15-10-8-7-9-11-15)16(13-18)19-20(5,6)17(2,3)4;1-8(10(11)12)7-9-5-3-2-4-6-9;1-8(10)11-7-9-5-3-2-4-6-9/h2-16,25-26,31H,17-20H2,1H3,(H,28,32);8-17,21,25H,18-20H2,1-7H3;7-16,20,23,25H,17-19H2,1-6H3;7-11,14,16H,12-13,18H2,1-6H3;2-6,8H,7H2,1H3,(H,11,12);2-6H,7H2,1H3/t25-,26-;21-,25-;20-,23-;14-,16-;8-;/m00000./s1. The van der Waals surface area contributed by atoms with Crippen molar-refractivity contribution in [2.24, 2.45) is 29.4 Å². The summed E-state index contributed by atoms with van der Waals surface area (Å²) in [5, 5.41) is 26.7. The average Bonchev–Trinajstić information content (AvgIpc) is 0.839. The molecule has 0 saturated carbocycles. The van der Waals surface area contributed by atoms with Gasteiger partial charge in [0.05, 0.1) is 36.4 Å². The number of nitrogens with two attached hydrogens (primary N) is 1. The zero-order valence-corrected chi connectivity index (χ0v) is 86.9. The van der Waals surface area contributed by atoms with Crippen molar-refractivity contribution >= 4 is 54.8 Å². The second-order valence-electron chi connectivity index (χ2n) is 39.6.